The Bertz CT molecular complexity index is 783. The van der Waals surface area contributed by atoms with Gasteiger partial charge in [-0.05, 0) is 60.6 Å². The Hall–Kier alpha value is -2.49. The molecule has 0 saturated carbocycles. The quantitative estimate of drug-likeness (QED) is 0.150. The number of carbonyl (C=O) groups excluding carboxylic acids is 1. The number of benzene rings is 2. The lowest BCUT2D eigenvalue weighted by Crippen LogP contribution is -2.15. The molecular weight excluding hydrogens is 448 g/mol. The van der Waals surface area contributed by atoms with Crippen molar-refractivity contribution in [1.82, 2.24) is 0 Å². The van der Waals surface area contributed by atoms with Gasteiger partial charge in [-0.15, -0.1) is 0 Å². The van der Waals surface area contributed by atoms with Crippen molar-refractivity contribution in [1.29, 1.82) is 0 Å². The fourth-order valence-corrected chi connectivity index (χ4v) is 4.87. The normalized spacial score (nSPS) is 12.1. The summed E-state index contributed by atoms with van der Waals surface area (Å²) in [4.78, 5) is 12.7. The van der Waals surface area contributed by atoms with E-state index in [1.54, 1.807) is 24.3 Å². The molecule has 1 unspecified atom stereocenters. The number of ether oxygens (including phenoxy) is 1. The van der Waals surface area contributed by atoms with E-state index in [-0.39, 0.29) is 23.4 Å². The number of hydrogen-bond acceptors (Lipinski definition) is 4. The minimum absolute atomic E-state index is 0.00767. The van der Waals surface area contributed by atoms with Gasteiger partial charge in [0.2, 0.25) is 0 Å². The molecule has 0 spiro atoms. The van der Waals surface area contributed by atoms with Crippen LogP contribution < -0.4 is 0 Å². The van der Waals surface area contributed by atoms with E-state index >= 15 is 0 Å². The van der Waals surface area contributed by atoms with Crippen molar-refractivity contribution in [3.05, 3.63) is 59.7 Å². The van der Waals surface area contributed by atoms with Gasteiger partial charge in [-0.2, -0.15) is 0 Å². The van der Waals surface area contributed by atoms with Crippen molar-refractivity contribution in [2.24, 2.45) is 5.92 Å². The van der Waals surface area contributed by atoms with Crippen LogP contribution in [0.2, 0.25) is 0 Å². The highest BCUT2D eigenvalue weighted by Crippen LogP contribution is 2.31. The molecule has 1 atom stereocenters. The van der Waals surface area contributed by atoms with Gasteiger partial charge in [-0.1, -0.05) is 102 Å². The highest BCUT2D eigenvalue weighted by atomic mass is 16.5. The molecule has 2 aromatic rings. The summed E-state index contributed by atoms with van der Waals surface area (Å²) in [6.07, 6.45) is 16.0. The number of phenols is 2. The van der Waals surface area contributed by atoms with Gasteiger partial charge in [0.15, 0.2) is 0 Å². The van der Waals surface area contributed by atoms with Gasteiger partial charge >= 0.3 is 5.97 Å². The van der Waals surface area contributed by atoms with E-state index < -0.39 is 0 Å². The van der Waals surface area contributed by atoms with Gasteiger partial charge in [-0.3, -0.25) is 4.79 Å². The average molecular weight is 497 g/mol. The van der Waals surface area contributed by atoms with E-state index in [2.05, 4.69) is 13.8 Å². The number of phenolic OH excluding ortho intramolecular Hbond substituents is 2. The molecule has 0 saturated heterocycles. The molecule has 2 aromatic carbocycles. The van der Waals surface area contributed by atoms with Crippen LogP contribution in [0.25, 0.3) is 0 Å². The van der Waals surface area contributed by atoms with Crippen molar-refractivity contribution in [2.75, 3.05) is 6.61 Å². The van der Waals surface area contributed by atoms with Crippen LogP contribution in [0.15, 0.2) is 48.5 Å². The summed E-state index contributed by atoms with van der Waals surface area (Å²) in [5.41, 5.74) is 2.06. The van der Waals surface area contributed by atoms with Crippen LogP contribution in [0.4, 0.5) is 0 Å². The monoisotopic (exact) mass is 496 g/mol. The summed E-state index contributed by atoms with van der Waals surface area (Å²) in [5, 5.41) is 19.4. The summed E-state index contributed by atoms with van der Waals surface area (Å²) < 4.78 is 5.80. The molecule has 0 bridgehead atoms. The van der Waals surface area contributed by atoms with Crippen molar-refractivity contribution in [2.45, 2.75) is 110 Å². The maximum Gasteiger partial charge on any atom is 0.305 e. The maximum atomic E-state index is 12.7. The molecule has 0 amide bonds. The van der Waals surface area contributed by atoms with Crippen molar-refractivity contribution in [3.8, 4) is 11.5 Å². The summed E-state index contributed by atoms with van der Waals surface area (Å²) >= 11 is 0. The molecular formula is C32H48O4. The third-order valence-corrected chi connectivity index (χ3v) is 7.14. The molecule has 2 N–H and O–H groups in total. The van der Waals surface area contributed by atoms with Crippen LogP contribution in [0.1, 0.15) is 121 Å². The summed E-state index contributed by atoms with van der Waals surface area (Å²) in [7, 11) is 0. The molecule has 4 heteroatoms. The first-order valence-corrected chi connectivity index (χ1v) is 14.3. The zero-order chi connectivity index (χ0) is 26.0. The number of esters is 1. The lowest BCUT2D eigenvalue weighted by atomic mass is 9.87. The standard InChI is InChI=1S/C32H48O4/c1-3-5-7-9-10-12-14-26(13-11-8-6-4-2)25-36-32(35)24-23-31(27-15-19-29(33)20-16-27)28-17-21-30(34)22-18-28/h15-22,26,31,33-34H,3-14,23-25H2,1-2H3. The number of carbonyl (C=O) groups is 1. The second-order valence-corrected chi connectivity index (χ2v) is 10.2. The third kappa shape index (κ3) is 12.0. The lowest BCUT2D eigenvalue weighted by Gasteiger charge is -2.20. The van der Waals surface area contributed by atoms with Crippen LogP contribution in [0.5, 0.6) is 11.5 Å². The highest BCUT2D eigenvalue weighted by molar-refractivity contribution is 5.69. The zero-order valence-electron chi connectivity index (χ0n) is 22.6. The third-order valence-electron chi connectivity index (χ3n) is 7.14. The Morgan fingerprint density at radius 2 is 1.11 bits per heavy atom. The maximum absolute atomic E-state index is 12.7. The van der Waals surface area contributed by atoms with Crippen molar-refractivity contribution >= 4 is 5.97 Å². The van der Waals surface area contributed by atoms with Crippen LogP contribution in [-0.2, 0) is 9.53 Å². The molecule has 0 fully saturated rings. The number of rotatable bonds is 19. The van der Waals surface area contributed by atoms with Gasteiger partial charge in [0.25, 0.3) is 0 Å². The van der Waals surface area contributed by atoms with E-state index in [4.69, 9.17) is 4.74 Å². The van der Waals surface area contributed by atoms with E-state index in [0.717, 1.165) is 24.0 Å². The second kappa shape index (κ2) is 17.9. The van der Waals surface area contributed by atoms with E-state index in [0.29, 0.717) is 25.4 Å². The minimum Gasteiger partial charge on any atom is -0.508 e. The minimum atomic E-state index is -0.140. The van der Waals surface area contributed by atoms with Crippen LogP contribution in [0.3, 0.4) is 0 Å². The van der Waals surface area contributed by atoms with Crippen LogP contribution >= 0.6 is 0 Å². The molecule has 0 aliphatic carbocycles. The summed E-state index contributed by atoms with van der Waals surface area (Å²) in [6, 6.07) is 14.3. The van der Waals surface area contributed by atoms with Crippen LogP contribution in [0, 0.1) is 5.92 Å². The smallest absolute Gasteiger partial charge is 0.305 e. The van der Waals surface area contributed by atoms with Gasteiger partial charge in [0.05, 0.1) is 6.61 Å². The average Bonchev–Trinajstić information content (AvgIpc) is 2.88. The fourth-order valence-electron chi connectivity index (χ4n) is 4.87. The fraction of sp³-hybridized carbons (Fsp3) is 0.594. The first-order chi connectivity index (χ1) is 17.5. The van der Waals surface area contributed by atoms with E-state index in [1.165, 1.54) is 64.2 Å². The molecule has 36 heavy (non-hydrogen) atoms. The van der Waals surface area contributed by atoms with E-state index in [1.807, 2.05) is 24.3 Å². The Morgan fingerprint density at radius 1 is 0.667 bits per heavy atom. The number of unbranched alkanes of at least 4 members (excludes halogenated alkanes) is 8. The number of hydrogen-bond donors (Lipinski definition) is 2. The molecule has 0 aromatic heterocycles. The zero-order valence-corrected chi connectivity index (χ0v) is 22.6. The molecule has 0 heterocycles. The largest absolute Gasteiger partial charge is 0.508 e. The second-order valence-electron chi connectivity index (χ2n) is 10.2. The molecule has 0 aliphatic rings. The predicted octanol–water partition coefficient (Wildman–Crippen LogP) is 8.89. The molecule has 0 aliphatic heterocycles. The molecule has 4 nitrogen and oxygen atoms in total. The first-order valence-electron chi connectivity index (χ1n) is 14.3. The van der Waals surface area contributed by atoms with Crippen molar-refractivity contribution in [3.63, 3.8) is 0 Å². The Labute approximate surface area is 219 Å². The molecule has 0 radical (unpaired) electrons. The van der Waals surface area contributed by atoms with Gasteiger partial charge < -0.3 is 14.9 Å². The van der Waals surface area contributed by atoms with Crippen molar-refractivity contribution < 1.29 is 19.7 Å². The van der Waals surface area contributed by atoms with Gasteiger partial charge in [-0.25, -0.2) is 0 Å². The van der Waals surface area contributed by atoms with Gasteiger partial charge in [0.1, 0.15) is 11.5 Å². The van der Waals surface area contributed by atoms with Gasteiger partial charge in [0, 0.05) is 12.3 Å². The summed E-state index contributed by atoms with van der Waals surface area (Å²) in [6.45, 7) is 5.01. The Morgan fingerprint density at radius 3 is 1.61 bits per heavy atom. The molecule has 2 rings (SSSR count). The van der Waals surface area contributed by atoms with Crippen LogP contribution in [-0.4, -0.2) is 22.8 Å². The first kappa shape index (κ1) is 29.7. The Balaban J connectivity index is 1.88. The van der Waals surface area contributed by atoms with E-state index in [9.17, 15) is 15.0 Å². The highest BCUT2D eigenvalue weighted by Gasteiger charge is 2.18. The predicted molar refractivity (Wildman–Crippen MR) is 148 cm³/mol. The summed E-state index contributed by atoms with van der Waals surface area (Å²) in [5.74, 6) is 0.753. The Kier molecular flexibility index (Phi) is 14.8. The molecule has 200 valence electrons. The topological polar surface area (TPSA) is 66.8 Å². The lowest BCUT2D eigenvalue weighted by molar-refractivity contribution is -0.145. The SMILES string of the molecule is CCCCCCCCC(CCCCCC)COC(=O)CCC(c1ccc(O)cc1)c1ccc(O)cc1. The number of aromatic hydroxyl groups is 2.